The van der Waals surface area contributed by atoms with Gasteiger partial charge >= 0.3 is 6.09 Å². The van der Waals surface area contributed by atoms with E-state index in [4.69, 9.17) is 14.2 Å². The molecule has 0 aliphatic rings. The molecule has 15 heavy (non-hydrogen) atoms. The lowest BCUT2D eigenvalue weighted by molar-refractivity contribution is -0.271. The topological polar surface area (TPSA) is 72.4 Å². The highest BCUT2D eigenvalue weighted by Gasteiger charge is 2.11. The molecule has 0 spiro atoms. The summed E-state index contributed by atoms with van der Waals surface area (Å²) in [5.41, 5.74) is 3.96. The van der Waals surface area contributed by atoms with E-state index in [0.717, 1.165) is 5.56 Å². The molecule has 0 radical (unpaired) electrons. The summed E-state index contributed by atoms with van der Waals surface area (Å²) >= 11 is 0. The summed E-state index contributed by atoms with van der Waals surface area (Å²) in [6, 6.07) is 3.26. The van der Waals surface area contributed by atoms with E-state index in [0.29, 0.717) is 17.2 Å². The molecule has 0 aliphatic heterocycles. The Labute approximate surface area is 87.7 Å². The van der Waals surface area contributed by atoms with Crippen LogP contribution in [0.5, 0.6) is 17.2 Å². The maximum Gasteiger partial charge on any atom is 0.516 e. The molecule has 1 aromatic rings. The van der Waals surface area contributed by atoms with Crippen molar-refractivity contribution in [3.8, 4) is 17.2 Å². The third-order valence-electron chi connectivity index (χ3n) is 1.87. The number of benzene rings is 1. The minimum Gasteiger partial charge on any atom is -0.493 e. The first kappa shape index (κ1) is 11.3. The van der Waals surface area contributed by atoms with E-state index in [2.05, 4.69) is 5.73 Å². The van der Waals surface area contributed by atoms with Crippen LogP contribution in [-0.2, 0) is 0 Å². The minimum absolute atomic E-state index is 0.394. The van der Waals surface area contributed by atoms with Crippen LogP contribution in [0, 0.1) is 6.92 Å². The zero-order chi connectivity index (χ0) is 11.4. The maximum absolute atomic E-state index is 10.7. The molecule has 1 rings (SSSR count). The molecule has 0 unspecified atom stereocenters. The van der Waals surface area contributed by atoms with Crippen LogP contribution >= 0.6 is 0 Å². The molecule has 0 saturated heterocycles. The van der Waals surface area contributed by atoms with E-state index in [1.165, 1.54) is 7.11 Å². The summed E-state index contributed by atoms with van der Waals surface area (Å²) in [6.07, 6.45) is -0.610. The second kappa shape index (κ2) is 4.65. The molecule has 5 nitrogen and oxygen atoms in total. The highest BCUT2D eigenvalue weighted by molar-refractivity contribution is 5.61. The van der Waals surface area contributed by atoms with Gasteiger partial charge in [0.05, 0.1) is 14.2 Å². The number of methoxy groups -OCH3 is 2. The Morgan fingerprint density at radius 2 is 1.93 bits per heavy atom. The largest absolute Gasteiger partial charge is 0.516 e. The number of hydrogen-bond donors (Lipinski definition) is 1. The van der Waals surface area contributed by atoms with E-state index in [1.807, 2.05) is 6.92 Å². The third-order valence-corrected chi connectivity index (χ3v) is 1.87. The van der Waals surface area contributed by atoms with E-state index < -0.39 is 6.09 Å². The van der Waals surface area contributed by atoms with E-state index in [9.17, 15) is 4.79 Å². The number of aryl methyl sites for hydroxylation is 1. The molecule has 0 fully saturated rings. The molecular formula is C10H14NO4+. The molecule has 82 valence electrons. The van der Waals surface area contributed by atoms with Gasteiger partial charge in [-0.15, -0.1) is 0 Å². The summed E-state index contributed by atoms with van der Waals surface area (Å²) in [6.45, 7) is 1.84. The first-order valence-electron chi connectivity index (χ1n) is 4.35. The summed E-state index contributed by atoms with van der Waals surface area (Å²) < 4.78 is 15.1. The summed E-state index contributed by atoms with van der Waals surface area (Å²) in [4.78, 5) is 10.7. The fourth-order valence-electron chi connectivity index (χ4n) is 1.31. The Hall–Kier alpha value is -1.75. The number of rotatable bonds is 3. The summed E-state index contributed by atoms with van der Waals surface area (Å²) in [7, 11) is 3.07. The van der Waals surface area contributed by atoms with Gasteiger partial charge in [-0.2, -0.15) is 4.79 Å². The van der Waals surface area contributed by atoms with Gasteiger partial charge in [-0.25, -0.2) is 0 Å². The van der Waals surface area contributed by atoms with Gasteiger partial charge in [0, 0.05) is 6.07 Å². The van der Waals surface area contributed by atoms with Crippen LogP contribution in [-0.4, -0.2) is 20.3 Å². The number of ether oxygens (including phenoxy) is 3. The number of hydrogen-bond acceptors (Lipinski definition) is 4. The lowest BCUT2D eigenvalue weighted by atomic mass is 10.2. The average molecular weight is 212 g/mol. The van der Waals surface area contributed by atoms with Crippen LogP contribution in [0.4, 0.5) is 4.79 Å². The van der Waals surface area contributed by atoms with Crippen LogP contribution < -0.4 is 19.9 Å². The lowest BCUT2D eigenvalue weighted by Gasteiger charge is -2.11. The minimum atomic E-state index is -0.610. The Kier molecular flexibility index (Phi) is 3.51. The molecule has 5 heteroatoms. The molecular weight excluding hydrogens is 198 g/mol. The van der Waals surface area contributed by atoms with E-state index in [1.54, 1.807) is 19.2 Å². The lowest BCUT2D eigenvalue weighted by Crippen LogP contribution is -2.58. The van der Waals surface area contributed by atoms with Gasteiger partial charge in [-0.1, -0.05) is 0 Å². The normalized spacial score (nSPS) is 9.60. The van der Waals surface area contributed by atoms with Crippen molar-refractivity contribution in [3.63, 3.8) is 0 Å². The first-order valence-corrected chi connectivity index (χ1v) is 4.35. The van der Waals surface area contributed by atoms with E-state index >= 15 is 0 Å². The van der Waals surface area contributed by atoms with Crippen LogP contribution in [0.15, 0.2) is 12.1 Å². The number of carbonyl (C=O) groups excluding carboxylic acids is 1. The molecule has 0 aliphatic carbocycles. The molecule has 0 aromatic heterocycles. The fraction of sp³-hybridized carbons (Fsp3) is 0.300. The number of carbonyl (C=O) groups is 1. The van der Waals surface area contributed by atoms with Crippen molar-refractivity contribution >= 4 is 6.09 Å². The van der Waals surface area contributed by atoms with Crippen LogP contribution in [0.1, 0.15) is 5.56 Å². The third kappa shape index (κ3) is 2.60. The molecule has 0 atom stereocenters. The smallest absolute Gasteiger partial charge is 0.493 e. The first-order chi connectivity index (χ1) is 7.08. The monoisotopic (exact) mass is 212 g/mol. The SMILES string of the molecule is COc1cc(OC([NH3+])=O)cc(C)c1OC. The van der Waals surface area contributed by atoms with Gasteiger partial charge in [-0.3, -0.25) is 5.73 Å². The Morgan fingerprint density at radius 1 is 1.27 bits per heavy atom. The van der Waals surface area contributed by atoms with E-state index in [-0.39, 0.29) is 0 Å². The quantitative estimate of drug-likeness (QED) is 0.802. The molecule has 1 amide bonds. The van der Waals surface area contributed by atoms with Gasteiger partial charge in [0.25, 0.3) is 0 Å². The van der Waals surface area contributed by atoms with Gasteiger partial charge in [0.1, 0.15) is 5.75 Å². The van der Waals surface area contributed by atoms with Crippen molar-refractivity contribution in [2.24, 2.45) is 0 Å². The standard InChI is InChI=1S/C10H13NO4/c1-6-4-7(15-10(11)12)5-8(13-2)9(6)14-3/h4-5H,1-3H3,(H2,11,12)/p+1. The van der Waals surface area contributed by atoms with Crippen molar-refractivity contribution in [1.29, 1.82) is 0 Å². The second-order valence-corrected chi connectivity index (χ2v) is 2.95. The Balaban J connectivity index is 3.13. The second-order valence-electron chi connectivity index (χ2n) is 2.95. The maximum atomic E-state index is 10.7. The van der Waals surface area contributed by atoms with Crippen molar-refractivity contribution in [2.75, 3.05) is 14.2 Å². The Morgan fingerprint density at radius 3 is 2.40 bits per heavy atom. The average Bonchev–Trinajstić information content (AvgIpc) is 2.15. The summed E-state index contributed by atoms with van der Waals surface area (Å²) in [5.74, 6) is 1.54. The zero-order valence-corrected chi connectivity index (χ0v) is 8.99. The zero-order valence-electron chi connectivity index (χ0n) is 8.99. The van der Waals surface area contributed by atoms with Crippen molar-refractivity contribution in [1.82, 2.24) is 0 Å². The van der Waals surface area contributed by atoms with Crippen molar-refractivity contribution in [2.45, 2.75) is 6.92 Å². The molecule has 0 bridgehead atoms. The molecule has 3 N–H and O–H groups in total. The number of quaternary nitrogens is 1. The van der Waals surface area contributed by atoms with Crippen molar-refractivity contribution < 1.29 is 24.7 Å². The highest BCUT2D eigenvalue weighted by Crippen LogP contribution is 2.34. The van der Waals surface area contributed by atoms with Crippen LogP contribution in [0.25, 0.3) is 0 Å². The molecule has 0 heterocycles. The predicted molar refractivity (Wildman–Crippen MR) is 53.2 cm³/mol. The van der Waals surface area contributed by atoms with Gasteiger partial charge in [0.2, 0.25) is 0 Å². The number of amides is 1. The highest BCUT2D eigenvalue weighted by atomic mass is 16.5. The molecule has 1 aromatic carbocycles. The van der Waals surface area contributed by atoms with Gasteiger partial charge in [0.15, 0.2) is 11.5 Å². The van der Waals surface area contributed by atoms with Crippen LogP contribution in [0.2, 0.25) is 0 Å². The summed E-state index contributed by atoms with van der Waals surface area (Å²) in [5, 5.41) is 0. The van der Waals surface area contributed by atoms with Gasteiger partial charge in [-0.05, 0) is 18.6 Å². The van der Waals surface area contributed by atoms with Crippen molar-refractivity contribution in [3.05, 3.63) is 17.7 Å². The fourth-order valence-corrected chi connectivity index (χ4v) is 1.31. The predicted octanol–water partition coefficient (Wildman–Crippen LogP) is 0.753. The van der Waals surface area contributed by atoms with Gasteiger partial charge < -0.3 is 14.2 Å². The van der Waals surface area contributed by atoms with Crippen LogP contribution in [0.3, 0.4) is 0 Å². The molecule has 0 saturated carbocycles. The Bertz CT molecular complexity index is 376.